The molecule has 0 spiro atoms. The Morgan fingerprint density at radius 1 is 1.14 bits per heavy atom. The third-order valence-corrected chi connectivity index (χ3v) is 8.28. The third kappa shape index (κ3) is 6.74. The van der Waals surface area contributed by atoms with Gasteiger partial charge in [-0.15, -0.1) is 5.10 Å². The van der Waals surface area contributed by atoms with Crippen molar-refractivity contribution in [2.75, 3.05) is 17.2 Å². The van der Waals surface area contributed by atoms with Crippen LogP contribution in [0.4, 0.5) is 18.9 Å². The molecule has 0 bridgehead atoms. The summed E-state index contributed by atoms with van der Waals surface area (Å²) >= 11 is 10.3. The van der Waals surface area contributed by atoms with Crippen LogP contribution < -0.4 is 10.2 Å². The minimum absolute atomic E-state index is 0.0464. The summed E-state index contributed by atoms with van der Waals surface area (Å²) in [6, 6.07) is 18.3. The van der Waals surface area contributed by atoms with Crippen molar-refractivity contribution in [3.8, 4) is 17.1 Å². The molecule has 0 aliphatic carbocycles. The van der Waals surface area contributed by atoms with Crippen LogP contribution in [0.25, 0.3) is 17.1 Å². The van der Waals surface area contributed by atoms with Gasteiger partial charge in [0.1, 0.15) is 6.33 Å². The molecule has 1 aromatic heterocycles. The number of carbonyl (C=O) groups is 1. The lowest BCUT2D eigenvalue weighted by atomic mass is 10.00. The van der Waals surface area contributed by atoms with Crippen molar-refractivity contribution in [2.45, 2.75) is 25.9 Å². The number of rotatable bonds is 6. The van der Waals surface area contributed by atoms with Crippen molar-refractivity contribution in [1.29, 1.82) is 0 Å². The predicted octanol–water partition coefficient (Wildman–Crippen LogP) is 7.14. The third-order valence-electron chi connectivity index (χ3n) is 6.62. The number of amides is 1. The number of thioether (sulfide) groups is 1. The van der Waals surface area contributed by atoms with E-state index in [-0.39, 0.29) is 11.8 Å². The fraction of sp³-hybridized carbons (Fsp3) is 0.207. The number of aliphatic imine (C=N–C) groups is 1. The molecular weight excluding hydrogens is 649 g/mol. The fourth-order valence-corrected chi connectivity index (χ4v) is 5.72. The topological polar surface area (TPSA) is 75.4 Å². The van der Waals surface area contributed by atoms with Crippen LogP contribution >= 0.6 is 39.9 Å². The van der Waals surface area contributed by atoms with Crippen LogP contribution in [0, 0.1) is 6.92 Å². The van der Waals surface area contributed by atoms with Crippen LogP contribution in [0.5, 0.6) is 0 Å². The van der Waals surface area contributed by atoms with Gasteiger partial charge in [-0.05, 0) is 72.6 Å². The van der Waals surface area contributed by atoms with Crippen molar-refractivity contribution in [3.05, 3.63) is 94.2 Å². The van der Waals surface area contributed by atoms with Gasteiger partial charge < -0.3 is 5.32 Å². The zero-order valence-corrected chi connectivity index (χ0v) is 25.6. The second kappa shape index (κ2) is 12.4. The van der Waals surface area contributed by atoms with Gasteiger partial charge in [0, 0.05) is 16.6 Å². The summed E-state index contributed by atoms with van der Waals surface area (Å²) in [7, 11) is 0. The lowest BCUT2D eigenvalue weighted by molar-refractivity contribution is -0.137. The van der Waals surface area contributed by atoms with Gasteiger partial charge in [0.2, 0.25) is 5.91 Å². The van der Waals surface area contributed by atoms with Gasteiger partial charge in [0.15, 0.2) is 16.1 Å². The Balaban J connectivity index is 1.20. The highest BCUT2D eigenvalue weighted by molar-refractivity contribution is 9.10. The molecule has 13 heteroatoms. The van der Waals surface area contributed by atoms with E-state index in [4.69, 9.17) is 12.2 Å². The number of alkyl halides is 3. The van der Waals surface area contributed by atoms with Gasteiger partial charge >= 0.3 is 6.18 Å². The van der Waals surface area contributed by atoms with Crippen LogP contribution in [0.15, 0.2) is 82.5 Å². The minimum Gasteiger partial charge on any atom is -0.360 e. The highest BCUT2D eigenvalue weighted by Crippen LogP contribution is 2.32. The van der Waals surface area contributed by atoms with Gasteiger partial charge in [-0.1, -0.05) is 64.9 Å². The number of benzene rings is 3. The molecule has 2 heterocycles. The van der Waals surface area contributed by atoms with Gasteiger partial charge in [-0.25, -0.2) is 9.67 Å². The average molecular weight is 674 g/mol. The summed E-state index contributed by atoms with van der Waals surface area (Å²) in [6.07, 6.45) is -2.93. The number of aromatic nitrogens is 3. The Morgan fingerprint density at radius 2 is 1.86 bits per heavy atom. The van der Waals surface area contributed by atoms with Gasteiger partial charge in [-0.3, -0.25) is 9.69 Å². The molecule has 1 amide bonds. The monoisotopic (exact) mass is 672 g/mol. The zero-order valence-electron chi connectivity index (χ0n) is 22.4. The van der Waals surface area contributed by atoms with Crippen LogP contribution in [0.1, 0.15) is 29.5 Å². The number of nitrogens with one attached hydrogen (secondary N) is 1. The highest BCUT2D eigenvalue weighted by atomic mass is 79.9. The van der Waals surface area contributed by atoms with E-state index in [1.807, 2.05) is 49.4 Å². The maximum atomic E-state index is 12.8. The van der Waals surface area contributed by atoms with Crippen molar-refractivity contribution in [2.24, 2.45) is 4.99 Å². The number of hydrogen-bond donors (Lipinski definition) is 1. The number of halogens is 4. The first-order valence-corrected chi connectivity index (χ1v) is 15.0. The summed E-state index contributed by atoms with van der Waals surface area (Å²) in [6.45, 7) is 4.53. The quantitative estimate of drug-likeness (QED) is 0.220. The molecule has 5 rings (SSSR count). The average Bonchev–Trinajstić information content (AvgIpc) is 3.60. The van der Waals surface area contributed by atoms with Gasteiger partial charge in [-0.2, -0.15) is 18.2 Å². The SMILES string of the molecule is Cc1ccc(Br)cc1N1C(=O)CSC1=NC(=S)NCC(C)c1ccc(-c2ncn(-c3ccc(C(F)(F)F)cc3)n2)cc1. The number of carbonyl (C=O) groups excluding carboxylic acids is 1. The molecule has 216 valence electrons. The summed E-state index contributed by atoms with van der Waals surface area (Å²) in [4.78, 5) is 23.1. The van der Waals surface area contributed by atoms with Crippen LogP contribution in [0.3, 0.4) is 0 Å². The van der Waals surface area contributed by atoms with Crippen molar-refractivity contribution >= 4 is 61.8 Å². The van der Waals surface area contributed by atoms with E-state index < -0.39 is 11.7 Å². The van der Waals surface area contributed by atoms with Crippen LogP contribution in [-0.4, -0.2) is 43.2 Å². The van der Waals surface area contributed by atoms with Gasteiger partial charge in [0.05, 0.1) is 22.7 Å². The predicted molar refractivity (Wildman–Crippen MR) is 167 cm³/mol. The first kappa shape index (κ1) is 29.9. The molecule has 0 saturated carbocycles. The number of amidine groups is 1. The Bertz CT molecular complexity index is 1660. The first-order chi connectivity index (χ1) is 20.0. The maximum Gasteiger partial charge on any atom is 0.416 e. The number of hydrogen-bond acceptors (Lipinski definition) is 5. The Morgan fingerprint density at radius 3 is 2.55 bits per heavy atom. The maximum absolute atomic E-state index is 12.8. The molecule has 3 aromatic carbocycles. The van der Waals surface area contributed by atoms with E-state index >= 15 is 0 Å². The molecule has 1 fully saturated rings. The fourth-order valence-electron chi connectivity index (χ4n) is 4.27. The van der Waals surface area contributed by atoms with Crippen molar-refractivity contribution < 1.29 is 18.0 Å². The Hall–Kier alpha value is -3.55. The second-order valence-corrected chi connectivity index (χ2v) is 11.9. The molecule has 1 saturated heterocycles. The van der Waals surface area contributed by atoms with E-state index in [0.29, 0.717) is 34.1 Å². The molecule has 1 atom stereocenters. The van der Waals surface area contributed by atoms with Crippen LogP contribution in [-0.2, 0) is 11.0 Å². The summed E-state index contributed by atoms with van der Waals surface area (Å²) in [5.41, 5.74) is 3.32. The van der Waals surface area contributed by atoms with Gasteiger partial charge in [0.25, 0.3) is 0 Å². The highest BCUT2D eigenvalue weighted by Gasteiger charge is 2.31. The summed E-state index contributed by atoms with van der Waals surface area (Å²) in [5.74, 6) is 0.803. The van der Waals surface area contributed by atoms with Crippen LogP contribution in [0.2, 0.25) is 0 Å². The second-order valence-electron chi connectivity index (χ2n) is 9.61. The number of nitrogens with zero attached hydrogens (tertiary/aromatic N) is 5. The Labute approximate surface area is 258 Å². The molecule has 1 aliphatic heterocycles. The van der Waals surface area contributed by atoms with Crippen molar-refractivity contribution in [3.63, 3.8) is 0 Å². The minimum atomic E-state index is -4.39. The summed E-state index contributed by atoms with van der Waals surface area (Å²) < 4.78 is 40.9. The molecule has 1 N–H and O–H groups in total. The lowest BCUT2D eigenvalue weighted by Crippen LogP contribution is -2.32. The van der Waals surface area contributed by atoms with E-state index in [1.54, 1.807) is 4.90 Å². The molecule has 7 nitrogen and oxygen atoms in total. The molecule has 42 heavy (non-hydrogen) atoms. The number of aryl methyl sites for hydroxylation is 1. The number of thiocarbonyl (C=S) groups is 1. The Kier molecular flexibility index (Phi) is 8.81. The standard InChI is InChI=1S/C29H24BrF3N6OS2/c1-17-3-10-22(30)13-24(17)39-25(40)15-42-28(39)36-27(41)34-14-18(2)19-4-6-20(7-5-19)26-35-16-38(37-26)23-11-8-21(9-12-23)29(31,32)33/h3-13,16,18H,14-15H2,1-2H3,(H,34,41). The number of anilines is 1. The largest absolute Gasteiger partial charge is 0.416 e. The van der Waals surface area contributed by atoms with E-state index in [0.717, 1.165) is 39.0 Å². The van der Waals surface area contributed by atoms with E-state index in [9.17, 15) is 18.0 Å². The smallest absolute Gasteiger partial charge is 0.360 e. The molecular formula is C29H24BrF3N6OS2. The van der Waals surface area contributed by atoms with E-state index in [1.165, 1.54) is 34.9 Å². The normalized spacial score (nSPS) is 15.3. The first-order valence-electron chi connectivity index (χ1n) is 12.8. The molecule has 1 unspecified atom stereocenters. The summed E-state index contributed by atoms with van der Waals surface area (Å²) in [5, 5.41) is 8.44. The molecule has 1 aliphatic rings. The van der Waals surface area contributed by atoms with Crippen molar-refractivity contribution in [1.82, 2.24) is 20.1 Å². The molecule has 4 aromatic rings. The van der Waals surface area contributed by atoms with E-state index in [2.05, 4.69) is 43.2 Å². The lowest BCUT2D eigenvalue weighted by Gasteiger charge is -2.19. The zero-order chi connectivity index (χ0) is 30.0. The molecule has 0 radical (unpaired) electrons.